The van der Waals surface area contributed by atoms with Gasteiger partial charge >= 0.3 is 0 Å². The van der Waals surface area contributed by atoms with Crippen LogP contribution in [0.2, 0.25) is 23.2 Å². The summed E-state index contributed by atoms with van der Waals surface area (Å²) in [6.45, 7) is 19.4. The highest BCUT2D eigenvalue weighted by atomic mass is 29.2. The molecule has 0 aromatic rings. The molecule has 0 heterocycles. The van der Waals surface area contributed by atoms with Gasteiger partial charge in [0.15, 0.2) is 0 Å². The summed E-state index contributed by atoms with van der Waals surface area (Å²) >= 11 is 0. The van der Waals surface area contributed by atoms with Crippen molar-refractivity contribution in [2.24, 2.45) is 0 Å². The second kappa shape index (κ2) is 3.30. The van der Waals surface area contributed by atoms with Crippen molar-refractivity contribution in [3.05, 3.63) is 0 Å². The molecule has 0 N–H and O–H groups in total. The molecule has 0 fully saturated rings. The van der Waals surface area contributed by atoms with Crippen LogP contribution in [0.5, 0.6) is 0 Å². The zero-order valence-electron chi connectivity index (χ0n) is 10.0. The van der Waals surface area contributed by atoms with Gasteiger partial charge in [0.25, 0.3) is 0 Å². The molecular formula is C10H24Si2. The van der Waals surface area contributed by atoms with Gasteiger partial charge in [-0.25, -0.2) is 0 Å². The lowest BCUT2D eigenvalue weighted by atomic mass is 10.2. The Labute approximate surface area is 81.8 Å². The lowest BCUT2D eigenvalue weighted by molar-refractivity contribution is 0.719. The van der Waals surface area contributed by atoms with Crippen LogP contribution in [0.1, 0.15) is 41.5 Å². The normalized spacial score (nSPS) is 15.0. The van der Waals surface area contributed by atoms with Crippen molar-refractivity contribution in [1.29, 1.82) is 0 Å². The maximum Gasteiger partial charge on any atom is 0.0417 e. The summed E-state index contributed by atoms with van der Waals surface area (Å²) in [5.41, 5.74) is 0. The molecule has 0 bridgehead atoms. The molecule has 0 aromatic heterocycles. The van der Waals surface area contributed by atoms with Crippen molar-refractivity contribution in [3.63, 3.8) is 0 Å². The molecule has 0 saturated heterocycles. The third kappa shape index (κ3) is 3.90. The predicted molar refractivity (Wildman–Crippen MR) is 62.7 cm³/mol. The third-order valence-electron chi connectivity index (χ3n) is 2.56. The van der Waals surface area contributed by atoms with Crippen molar-refractivity contribution in [1.82, 2.24) is 0 Å². The summed E-state index contributed by atoms with van der Waals surface area (Å²) in [4.78, 5) is 0. The Morgan fingerprint density at radius 1 is 0.833 bits per heavy atom. The Morgan fingerprint density at radius 2 is 1.17 bits per heavy atom. The Balaban J connectivity index is 4.44. The monoisotopic (exact) mass is 200 g/mol. The van der Waals surface area contributed by atoms with Gasteiger partial charge in [0.1, 0.15) is 0 Å². The van der Waals surface area contributed by atoms with Gasteiger partial charge < -0.3 is 0 Å². The van der Waals surface area contributed by atoms with Crippen LogP contribution in [0.15, 0.2) is 0 Å². The summed E-state index contributed by atoms with van der Waals surface area (Å²) in [5, 5.41) is 1.09. The van der Waals surface area contributed by atoms with Gasteiger partial charge in [-0.1, -0.05) is 54.6 Å². The predicted octanol–water partition coefficient (Wildman–Crippen LogP) is 3.91. The Morgan fingerprint density at radius 3 is 1.25 bits per heavy atom. The summed E-state index contributed by atoms with van der Waals surface area (Å²) in [6, 6.07) is 0. The lowest BCUT2D eigenvalue weighted by Crippen LogP contribution is -2.47. The Kier molecular flexibility index (Phi) is 3.41. The highest BCUT2D eigenvalue weighted by Gasteiger charge is 2.38. The van der Waals surface area contributed by atoms with Crippen molar-refractivity contribution in [3.8, 4) is 0 Å². The maximum atomic E-state index is 2.52. The van der Waals surface area contributed by atoms with Gasteiger partial charge in [-0.15, -0.1) is 0 Å². The van der Waals surface area contributed by atoms with Crippen molar-refractivity contribution in [2.45, 2.75) is 64.7 Å². The first-order chi connectivity index (χ1) is 4.96. The second-order valence-corrected chi connectivity index (χ2v) is 17.2. The first-order valence-corrected chi connectivity index (χ1v) is 9.75. The largest absolute Gasteiger partial charge is 0.0713 e. The molecule has 0 saturated carbocycles. The summed E-state index contributed by atoms with van der Waals surface area (Å²) in [6.07, 6.45) is 0. The first-order valence-electron chi connectivity index (χ1n) is 4.75. The number of rotatable bonds is 1. The van der Waals surface area contributed by atoms with E-state index in [1.165, 1.54) is 0 Å². The molecule has 0 nitrogen and oxygen atoms in total. The topological polar surface area (TPSA) is 0 Å². The van der Waals surface area contributed by atoms with Crippen LogP contribution in [0.4, 0.5) is 0 Å². The molecule has 0 aliphatic rings. The molecule has 2 heteroatoms. The van der Waals surface area contributed by atoms with Crippen LogP contribution in [0.25, 0.3) is 0 Å². The first kappa shape index (κ1) is 12.4. The molecule has 2 radical (unpaired) electrons. The third-order valence-corrected chi connectivity index (χ3v) is 14.1. The molecule has 12 heavy (non-hydrogen) atoms. The highest BCUT2D eigenvalue weighted by molar-refractivity contribution is 7.25. The molecule has 0 amide bonds. The minimum atomic E-state index is -1.01. The molecule has 72 valence electrons. The fraction of sp³-hybridized carbons (Fsp3) is 1.00. The number of hydrogen-bond donors (Lipinski definition) is 0. The average molecular weight is 200 g/mol. The van der Waals surface area contributed by atoms with E-state index in [0.29, 0.717) is 10.1 Å². The fourth-order valence-electron chi connectivity index (χ4n) is 1.12. The van der Waals surface area contributed by atoms with E-state index in [1.807, 2.05) is 0 Å². The minimum absolute atomic E-state index is 0.531. The quantitative estimate of drug-likeness (QED) is 0.563. The second-order valence-electron chi connectivity index (χ2n) is 6.25. The molecule has 0 unspecified atom stereocenters. The standard InChI is InChI=1S/C10H24Si2/c1-9(2,3)11-12(7,8)10(4,5)6/h1-8H3. The van der Waals surface area contributed by atoms with E-state index >= 15 is 0 Å². The van der Waals surface area contributed by atoms with E-state index in [9.17, 15) is 0 Å². The molecule has 0 aliphatic carbocycles. The van der Waals surface area contributed by atoms with E-state index in [1.54, 1.807) is 0 Å². The maximum absolute atomic E-state index is 2.52. The lowest BCUT2D eigenvalue weighted by Gasteiger charge is -2.40. The summed E-state index contributed by atoms with van der Waals surface area (Å²) in [5.74, 6) is 0. The van der Waals surface area contributed by atoms with Crippen LogP contribution in [0.3, 0.4) is 0 Å². The molecule has 0 atom stereocenters. The SMILES string of the molecule is CC(C)(C)[Si][Si](C)(C)C(C)(C)C. The van der Waals surface area contributed by atoms with Crippen molar-refractivity contribution < 1.29 is 0 Å². The van der Waals surface area contributed by atoms with Crippen LogP contribution in [0, 0.1) is 0 Å². The number of hydrogen-bond acceptors (Lipinski definition) is 0. The van der Waals surface area contributed by atoms with Gasteiger partial charge in [0.2, 0.25) is 0 Å². The average Bonchev–Trinajstić information content (AvgIpc) is 1.52. The molecule has 0 spiro atoms. The molecular weight excluding hydrogens is 176 g/mol. The van der Waals surface area contributed by atoms with Gasteiger partial charge in [0.05, 0.1) is 0 Å². The van der Waals surface area contributed by atoms with Crippen LogP contribution in [-0.4, -0.2) is 16.6 Å². The van der Waals surface area contributed by atoms with Crippen LogP contribution >= 0.6 is 0 Å². The molecule has 0 rings (SSSR count). The van der Waals surface area contributed by atoms with Gasteiger partial charge in [-0.3, -0.25) is 0 Å². The summed E-state index contributed by atoms with van der Waals surface area (Å²) < 4.78 is 0. The zero-order chi connectivity index (χ0) is 10.2. The van der Waals surface area contributed by atoms with Crippen LogP contribution in [-0.2, 0) is 0 Å². The Hall–Kier alpha value is 0.434. The van der Waals surface area contributed by atoms with Gasteiger partial charge in [0, 0.05) is 16.6 Å². The van der Waals surface area contributed by atoms with E-state index in [-0.39, 0.29) is 0 Å². The summed E-state index contributed by atoms with van der Waals surface area (Å²) in [7, 11) is 0.146. The van der Waals surface area contributed by atoms with E-state index in [4.69, 9.17) is 0 Å². The highest BCUT2D eigenvalue weighted by Crippen LogP contribution is 2.39. The van der Waals surface area contributed by atoms with Crippen LogP contribution < -0.4 is 0 Å². The smallest absolute Gasteiger partial charge is 0.0417 e. The van der Waals surface area contributed by atoms with Crippen molar-refractivity contribution in [2.75, 3.05) is 0 Å². The van der Waals surface area contributed by atoms with E-state index < -0.39 is 7.59 Å². The van der Waals surface area contributed by atoms with Gasteiger partial charge in [-0.05, 0) is 10.1 Å². The minimum Gasteiger partial charge on any atom is -0.0713 e. The molecule has 0 aliphatic heterocycles. The van der Waals surface area contributed by atoms with E-state index in [0.717, 1.165) is 9.04 Å². The Bertz CT molecular complexity index is 146. The fourth-order valence-corrected chi connectivity index (χ4v) is 10.1. The molecule has 0 aromatic carbocycles. The van der Waals surface area contributed by atoms with Gasteiger partial charge in [-0.2, -0.15) is 0 Å². The zero-order valence-corrected chi connectivity index (χ0v) is 12.0. The van der Waals surface area contributed by atoms with E-state index in [2.05, 4.69) is 54.6 Å². The van der Waals surface area contributed by atoms with Crippen molar-refractivity contribution >= 4 is 16.6 Å².